The van der Waals surface area contributed by atoms with Crippen LogP contribution in [-0.4, -0.2) is 27.3 Å². The van der Waals surface area contributed by atoms with Gasteiger partial charge in [0.2, 0.25) is 0 Å². The average Bonchev–Trinajstić information content (AvgIpc) is 2.52. The molecule has 0 saturated carbocycles. The summed E-state index contributed by atoms with van der Waals surface area (Å²) in [5, 5.41) is 6.32. The number of nitrogens with one attached hydrogen (secondary N) is 1. The summed E-state index contributed by atoms with van der Waals surface area (Å²) < 4.78 is 1.16. The summed E-state index contributed by atoms with van der Waals surface area (Å²) in [5.41, 5.74) is 0. The van der Waals surface area contributed by atoms with Crippen LogP contribution in [0.25, 0.3) is 0 Å². The number of rotatable bonds is 2. The van der Waals surface area contributed by atoms with Crippen LogP contribution in [0, 0.1) is 0 Å². The van der Waals surface area contributed by atoms with E-state index in [1.807, 2.05) is 6.92 Å². The Labute approximate surface area is 64.4 Å². The Morgan fingerprint density at radius 3 is 3.09 bits per heavy atom. The number of aromatic nitrogens is 3. The second-order valence-electron chi connectivity index (χ2n) is 2.07. The lowest BCUT2D eigenvalue weighted by molar-refractivity contribution is 0.239. The van der Waals surface area contributed by atoms with E-state index < -0.39 is 0 Å². The van der Waals surface area contributed by atoms with Gasteiger partial charge >= 0.3 is 6.03 Å². The van der Waals surface area contributed by atoms with Crippen LogP contribution in [0.15, 0.2) is 12.7 Å². The molecule has 0 bridgehead atoms. The minimum atomic E-state index is -0.232. The normalized spacial score (nSPS) is 9.55. The van der Waals surface area contributed by atoms with Gasteiger partial charge in [0, 0.05) is 6.54 Å². The maximum Gasteiger partial charge on any atom is 0.343 e. The molecule has 0 atom stereocenters. The molecule has 0 aliphatic carbocycles. The zero-order chi connectivity index (χ0) is 8.10. The molecule has 0 aliphatic rings. The Morgan fingerprint density at radius 2 is 2.55 bits per heavy atom. The first-order valence-corrected chi connectivity index (χ1v) is 3.47. The topological polar surface area (TPSA) is 59.8 Å². The van der Waals surface area contributed by atoms with E-state index in [2.05, 4.69) is 15.4 Å². The maximum absolute atomic E-state index is 11.0. The molecule has 1 N–H and O–H groups in total. The van der Waals surface area contributed by atoms with Gasteiger partial charge in [0.15, 0.2) is 0 Å². The van der Waals surface area contributed by atoms with Gasteiger partial charge in [-0.25, -0.2) is 9.78 Å². The van der Waals surface area contributed by atoms with Gasteiger partial charge in [0.1, 0.15) is 12.7 Å². The molecule has 0 fully saturated rings. The molecule has 1 aromatic rings. The van der Waals surface area contributed by atoms with Crippen molar-refractivity contribution in [2.75, 3.05) is 6.54 Å². The largest absolute Gasteiger partial charge is 0.343 e. The van der Waals surface area contributed by atoms with Gasteiger partial charge in [-0.15, -0.1) is 0 Å². The Hall–Kier alpha value is -1.39. The van der Waals surface area contributed by atoms with Crippen molar-refractivity contribution in [2.45, 2.75) is 13.3 Å². The molecule has 0 aliphatic heterocycles. The predicted octanol–water partition coefficient (Wildman–Crippen LogP) is 0.246. The molecule has 0 aromatic carbocycles. The molecular weight excluding hydrogens is 144 g/mol. The fourth-order valence-corrected chi connectivity index (χ4v) is 0.626. The average molecular weight is 154 g/mol. The van der Waals surface area contributed by atoms with Gasteiger partial charge in [-0.3, -0.25) is 0 Å². The highest BCUT2D eigenvalue weighted by Gasteiger charge is 2.00. The molecule has 1 aromatic heterocycles. The van der Waals surface area contributed by atoms with Crippen LogP contribution < -0.4 is 5.32 Å². The molecule has 5 nitrogen and oxygen atoms in total. The molecule has 11 heavy (non-hydrogen) atoms. The van der Waals surface area contributed by atoms with Crippen LogP contribution in [-0.2, 0) is 0 Å². The van der Waals surface area contributed by atoms with Crippen LogP contribution in [0.2, 0.25) is 0 Å². The highest BCUT2D eigenvalue weighted by molar-refractivity contribution is 5.75. The molecule has 1 amide bonds. The minimum Gasteiger partial charge on any atom is -0.336 e. The lowest BCUT2D eigenvalue weighted by Crippen LogP contribution is -2.29. The van der Waals surface area contributed by atoms with Gasteiger partial charge in [-0.1, -0.05) is 6.92 Å². The Balaban J connectivity index is 2.43. The Kier molecular flexibility index (Phi) is 2.59. The fourth-order valence-electron chi connectivity index (χ4n) is 0.626. The quantitative estimate of drug-likeness (QED) is 0.664. The number of carbonyl (C=O) groups excluding carboxylic acids is 1. The highest BCUT2D eigenvalue weighted by Crippen LogP contribution is 1.79. The molecule has 0 saturated heterocycles. The standard InChI is InChI=1S/C6H10N4O/c1-2-3-8-6(11)10-5-7-4-9-10/h4-5H,2-3H2,1H3,(H,8,11). The van der Waals surface area contributed by atoms with E-state index in [1.54, 1.807) is 0 Å². The zero-order valence-corrected chi connectivity index (χ0v) is 6.32. The van der Waals surface area contributed by atoms with E-state index in [0.717, 1.165) is 11.1 Å². The third-order valence-corrected chi connectivity index (χ3v) is 1.15. The summed E-state index contributed by atoms with van der Waals surface area (Å²) in [4.78, 5) is 14.7. The maximum atomic E-state index is 11.0. The number of hydrogen-bond acceptors (Lipinski definition) is 3. The van der Waals surface area contributed by atoms with Crippen molar-refractivity contribution in [3.63, 3.8) is 0 Å². The SMILES string of the molecule is CCCNC(=O)n1cncn1. The highest BCUT2D eigenvalue weighted by atomic mass is 16.2. The van der Waals surface area contributed by atoms with Crippen LogP contribution in [0.4, 0.5) is 4.79 Å². The van der Waals surface area contributed by atoms with E-state index in [9.17, 15) is 4.79 Å². The summed E-state index contributed by atoms with van der Waals surface area (Å²) in [5.74, 6) is 0. The monoisotopic (exact) mass is 154 g/mol. The second kappa shape index (κ2) is 3.70. The smallest absolute Gasteiger partial charge is 0.336 e. The van der Waals surface area contributed by atoms with Crippen molar-refractivity contribution >= 4 is 6.03 Å². The summed E-state index contributed by atoms with van der Waals surface area (Å²) in [7, 11) is 0. The molecular formula is C6H10N4O. The summed E-state index contributed by atoms with van der Waals surface area (Å²) in [6, 6.07) is -0.232. The zero-order valence-electron chi connectivity index (χ0n) is 6.32. The summed E-state index contributed by atoms with van der Waals surface area (Å²) >= 11 is 0. The van der Waals surface area contributed by atoms with Crippen molar-refractivity contribution in [1.82, 2.24) is 20.1 Å². The van der Waals surface area contributed by atoms with Gasteiger partial charge in [-0.05, 0) is 6.42 Å². The first kappa shape index (κ1) is 7.71. The third-order valence-electron chi connectivity index (χ3n) is 1.15. The van der Waals surface area contributed by atoms with E-state index in [0.29, 0.717) is 6.54 Å². The number of nitrogens with zero attached hydrogens (tertiary/aromatic N) is 3. The van der Waals surface area contributed by atoms with Crippen LogP contribution in [0.5, 0.6) is 0 Å². The third kappa shape index (κ3) is 2.03. The van der Waals surface area contributed by atoms with Crippen LogP contribution in [0.1, 0.15) is 13.3 Å². The second-order valence-corrected chi connectivity index (χ2v) is 2.07. The molecule has 0 spiro atoms. The van der Waals surface area contributed by atoms with Crippen LogP contribution in [0.3, 0.4) is 0 Å². The first-order chi connectivity index (χ1) is 5.34. The van der Waals surface area contributed by atoms with Crippen molar-refractivity contribution in [1.29, 1.82) is 0 Å². The Bertz CT molecular complexity index is 218. The van der Waals surface area contributed by atoms with E-state index in [4.69, 9.17) is 0 Å². The molecule has 5 heteroatoms. The van der Waals surface area contributed by atoms with Gasteiger partial charge in [-0.2, -0.15) is 9.78 Å². The Morgan fingerprint density at radius 1 is 1.73 bits per heavy atom. The molecule has 0 radical (unpaired) electrons. The van der Waals surface area contributed by atoms with E-state index in [1.165, 1.54) is 12.7 Å². The molecule has 1 heterocycles. The predicted molar refractivity (Wildman–Crippen MR) is 39.1 cm³/mol. The first-order valence-electron chi connectivity index (χ1n) is 3.47. The summed E-state index contributed by atoms with van der Waals surface area (Å²) in [6.45, 7) is 2.65. The molecule has 1 rings (SSSR count). The molecule has 0 unspecified atom stereocenters. The van der Waals surface area contributed by atoms with E-state index >= 15 is 0 Å². The lowest BCUT2D eigenvalue weighted by Gasteiger charge is -2.00. The van der Waals surface area contributed by atoms with Crippen molar-refractivity contribution in [3.05, 3.63) is 12.7 Å². The van der Waals surface area contributed by atoms with Crippen molar-refractivity contribution in [3.8, 4) is 0 Å². The number of hydrogen-bond donors (Lipinski definition) is 1. The van der Waals surface area contributed by atoms with Crippen molar-refractivity contribution in [2.24, 2.45) is 0 Å². The number of amides is 1. The minimum absolute atomic E-state index is 0.232. The van der Waals surface area contributed by atoms with Gasteiger partial charge in [0.05, 0.1) is 0 Å². The molecule has 60 valence electrons. The fraction of sp³-hybridized carbons (Fsp3) is 0.500. The van der Waals surface area contributed by atoms with Gasteiger partial charge in [0.25, 0.3) is 0 Å². The number of carbonyl (C=O) groups is 1. The van der Waals surface area contributed by atoms with E-state index in [-0.39, 0.29) is 6.03 Å². The van der Waals surface area contributed by atoms with Crippen LogP contribution >= 0.6 is 0 Å². The van der Waals surface area contributed by atoms with Crippen molar-refractivity contribution < 1.29 is 4.79 Å². The van der Waals surface area contributed by atoms with Gasteiger partial charge < -0.3 is 5.32 Å². The lowest BCUT2D eigenvalue weighted by atomic mass is 10.5. The summed E-state index contributed by atoms with van der Waals surface area (Å²) in [6.07, 6.45) is 3.61.